The maximum absolute atomic E-state index is 12.4. The summed E-state index contributed by atoms with van der Waals surface area (Å²) in [5, 5.41) is 6.75. The highest BCUT2D eigenvalue weighted by atomic mass is 16.1. The number of carbonyl (C=O) groups is 1. The number of nitrogens with one attached hydrogen (secondary N) is 1. The topological polar surface area (TPSA) is 88.8 Å². The van der Waals surface area contributed by atoms with E-state index in [0.717, 1.165) is 5.69 Å². The van der Waals surface area contributed by atoms with Crippen molar-refractivity contribution < 1.29 is 4.79 Å². The van der Waals surface area contributed by atoms with Crippen LogP contribution in [0.2, 0.25) is 0 Å². The van der Waals surface area contributed by atoms with Gasteiger partial charge in [-0.3, -0.25) is 4.79 Å². The average molecular weight is 309 g/mol. The summed E-state index contributed by atoms with van der Waals surface area (Å²) in [6.45, 7) is 0. The molecule has 0 radical (unpaired) electrons. The van der Waals surface area contributed by atoms with Crippen molar-refractivity contribution in [3.8, 4) is 5.82 Å². The fourth-order valence-electron chi connectivity index (χ4n) is 1.98. The normalized spacial score (nSPS) is 10.3. The summed E-state index contributed by atoms with van der Waals surface area (Å²) in [5.74, 6) is 0.678. The molecule has 3 aromatic rings. The van der Waals surface area contributed by atoms with E-state index in [4.69, 9.17) is 0 Å². The molecule has 0 aliphatic rings. The SMILES string of the molecule is CN(C)c1cccc(C(=O)Nc2cc(-n3cncn3)ncn2)c1. The first-order valence-corrected chi connectivity index (χ1v) is 6.89. The first kappa shape index (κ1) is 14.6. The lowest BCUT2D eigenvalue weighted by Crippen LogP contribution is -2.15. The summed E-state index contributed by atoms with van der Waals surface area (Å²) in [5.41, 5.74) is 1.50. The fourth-order valence-corrected chi connectivity index (χ4v) is 1.98. The number of carbonyl (C=O) groups excluding carboxylic acids is 1. The third-order valence-electron chi connectivity index (χ3n) is 3.17. The molecule has 1 N–H and O–H groups in total. The predicted octanol–water partition coefficient (Wildman–Crippen LogP) is 1.38. The highest BCUT2D eigenvalue weighted by molar-refractivity contribution is 6.04. The molecule has 8 heteroatoms. The van der Waals surface area contributed by atoms with Crippen molar-refractivity contribution in [1.29, 1.82) is 0 Å². The van der Waals surface area contributed by atoms with Crippen LogP contribution >= 0.6 is 0 Å². The van der Waals surface area contributed by atoms with Crippen molar-refractivity contribution in [2.75, 3.05) is 24.3 Å². The quantitative estimate of drug-likeness (QED) is 0.783. The van der Waals surface area contributed by atoms with Crippen LogP contribution in [0.15, 0.2) is 49.3 Å². The standard InChI is InChI=1S/C15H15N7O/c1-21(2)12-5-3-4-11(6-12)15(23)20-13-7-14(18-9-17-13)22-10-16-8-19-22/h3-10H,1-2H3,(H,17,18,20,23). The average Bonchev–Trinajstić information content (AvgIpc) is 3.10. The molecular formula is C15H15N7O. The van der Waals surface area contributed by atoms with Gasteiger partial charge in [0, 0.05) is 31.4 Å². The van der Waals surface area contributed by atoms with Crippen LogP contribution in [0.3, 0.4) is 0 Å². The van der Waals surface area contributed by atoms with Gasteiger partial charge in [-0.05, 0) is 18.2 Å². The molecule has 0 bridgehead atoms. The molecule has 0 saturated heterocycles. The minimum atomic E-state index is -0.239. The monoisotopic (exact) mass is 309 g/mol. The van der Waals surface area contributed by atoms with Crippen LogP contribution in [0.5, 0.6) is 0 Å². The molecule has 1 amide bonds. The molecule has 0 aliphatic carbocycles. The molecule has 2 aromatic heterocycles. The van der Waals surface area contributed by atoms with Gasteiger partial charge in [-0.1, -0.05) is 6.07 Å². The number of anilines is 2. The van der Waals surface area contributed by atoms with Crippen LogP contribution in [0.4, 0.5) is 11.5 Å². The zero-order valence-corrected chi connectivity index (χ0v) is 12.7. The van der Waals surface area contributed by atoms with E-state index >= 15 is 0 Å². The molecule has 0 aliphatic heterocycles. The summed E-state index contributed by atoms with van der Waals surface area (Å²) in [6, 6.07) is 8.97. The largest absolute Gasteiger partial charge is 0.378 e. The zero-order valence-electron chi connectivity index (χ0n) is 12.7. The van der Waals surface area contributed by atoms with Gasteiger partial charge in [0.25, 0.3) is 5.91 Å². The first-order chi connectivity index (χ1) is 11.1. The second kappa shape index (κ2) is 6.22. The number of benzene rings is 1. The summed E-state index contributed by atoms with van der Waals surface area (Å²) in [6.07, 6.45) is 4.30. The Labute approximate surface area is 132 Å². The molecule has 0 atom stereocenters. The molecule has 0 fully saturated rings. The van der Waals surface area contributed by atoms with Crippen LogP contribution in [0.25, 0.3) is 5.82 Å². The molecule has 0 unspecified atom stereocenters. The van der Waals surface area contributed by atoms with Crippen molar-refractivity contribution in [2.45, 2.75) is 0 Å². The van der Waals surface area contributed by atoms with Crippen molar-refractivity contribution in [2.24, 2.45) is 0 Å². The molecule has 3 rings (SSSR count). The lowest BCUT2D eigenvalue weighted by molar-refractivity contribution is 0.102. The van der Waals surface area contributed by atoms with Gasteiger partial charge in [0.2, 0.25) is 0 Å². The van der Waals surface area contributed by atoms with Gasteiger partial charge >= 0.3 is 0 Å². The van der Waals surface area contributed by atoms with Gasteiger partial charge in [0.05, 0.1) is 0 Å². The van der Waals surface area contributed by atoms with Crippen LogP contribution in [-0.2, 0) is 0 Å². The van der Waals surface area contributed by atoms with Crippen molar-refractivity contribution >= 4 is 17.4 Å². The Balaban J connectivity index is 1.80. The van der Waals surface area contributed by atoms with E-state index in [0.29, 0.717) is 17.2 Å². The van der Waals surface area contributed by atoms with E-state index in [-0.39, 0.29) is 5.91 Å². The number of aromatic nitrogens is 5. The van der Waals surface area contributed by atoms with Gasteiger partial charge in [-0.2, -0.15) is 5.10 Å². The summed E-state index contributed by atoms with van der Waals surface area (Å²) in [4.78, 5) is 26.3. The molecule has 1 aromatic carbocycles. The summed E-state index contributed by atoms with van der Waals surface area (Å²) in [7, 11) is 3.84. The Kier molecular flexibility index (Phi) is 3.96. The minimum Gasteiger partial charge on any atom is -0.378 e. The number of hydrogen-bond acceptors (Lipinski definition) is 6. The Morgan fingerprint density at radius 1 is 1.17 bits per heavy atom. The Hall–Kier alpha value is -3.29. The number of amides is 1. The highest BCUT2D eigenvalue weighted by Crippen LogP contribution is 2.15. The third-order valence-corrected chi connectivity index (χ3v) is 3.17. The Morgan fingerprint density at radius 2 is 2.04 bits per heavy atom. The van der Waals surface area contributed by atoms with Crippen LogP contribution < -0.4 is 10.2 Å². The van der Waals surface area contributed by atoms with E-state index in [1.54, 1.807) is 12.1 Å². The summed E-state index contributed by atoms with van der Waals surface area (Å²) >= 11 is 0. The second-order valence-electron chi connectivity index (χ2n) is 5.00. The highest BCUT2D eigenvalue weighted by Gasteiger charge is 2.09. The van der Waals surface area contributed by atoms with Gasteiger partial charge in [0.15, 0.2) is 5.82 Å². The van der Waals surface area contributed by atoms with E-state index < -0.39 is 0 Å². The van der Waals surface area contributed by atoms with Crippen molar-refractivity contribution in [3.63, 3.8) is 0 Å². The minimum absolute atomic E-state index is 0.239. The van der Waals surface area contributed by atoms with E-state index in [9.17, 15) is 4.79 Å². The van der Waals surface area contributed by atoms with Crippen LogP contribution in [0, 0.1) is 0 Å². The smallest absolute Gasteiger partial charge is 0.256 e. The van der Waals surface area contributed by atoms with Crippen LogP contribution in [0.1, 0.15) is 10.4 Å². The molecule has 0 spiro atoms. The van der Waals surface area contributed by atoms with Gasteiger partial charge in [0.1, 0.15) is 24.8 Å². The lowest BCUT2D eigenvalue weighted by Gasteiger charge is -2.13. The van der Waals surface area contributed by atoms with Crippen LogP contribution in [-0.4, -0.2) is 44.7 Å². The zero-order chi connectivity index (χ0) is 16.2. The van der Waals surface area contributed by atoms with E-state index in [1.807, 2.05) is 37.2 Å². The molecular weight excluding hydrogens is 294 g/mol. The molecule has 8 nitrogen and oxygen atoms in total. The molecule has 0 saturated carbocycles. The van der Waals surface area contributed by atoms with Crippen molar-refractivity contribution in [1.82, 2.24) is 24.7 Å². The fraction of sp³-hybridized carbons (Fsp3) is 0.133. The number of hydrogen-bond donors (Lipinski definition) is 1. The molecule has 23 heavy (non-hydrogen) atoms. The van der Waals surface area contributed by atoms with Gasteiger partial charge in [-0.25, -0.2) is 19.6 Å². The Morgan fingerprint density at radius 3 is 2.78 bits per heavy atom. The van der Waals surface area contributed by atoms with E-state index in [2.05, 4.69) is 25.4 Å². The first-order valence-electron chi connectivity index (χ1n) is 6.89. The second-order valence-corrected chi connectivity index (χ2v) is 5.00. The van der Waals surface area contributed by atoms with Gasteiger partial charge in [-0.15, -0.1) is 0 Å². The molecule has 116 valence electrons. The number of rotatable bonds is 4. The predicted molar refractivity (Wildman–Crippen MR) is 85.7 cm³/mol. The lowest BCUT2D eigenvalue weighted by atomic mass is 10.2. The maximum atomic E-state index is 12.4. The Bertz CT molecular complexity index is 814. The van der Waals surface area contributed by atoms with Gasteiger partial charge < -0.3 is 10.2 Å². The van der Waals surface area contributed by atoms with E-state index in [1.165, 1.54) is 23.7 Å². The third kappa shape index (κ3) is 3.31. The maximum Gasteiger partial charge on any atom is 0.256 e. The summed E-state index contributed by atoms with van der Waals surface area (Å²) < 4.78 is 1.49. The molecule has 2 heterocycles. The number of nitrogens with zero attached hydrogens (tertiary/aromatic N) is 6. The van der Waals surface area contributed by atoms with Crippen molar-refractivity contribution in [3.05, 3.63) is 54.9 Å².